The van der Waals surface area contributed by atoms with Crippen LogP contribution in [0.4, 0.5) is 5.82 Å². The molecule has 2 heterocycles. The highest BCUT2D eigenvalue weighted by Gasteiger charge is 2.28. The molecule has 1 fully saturated rings. The second kappa shape index (κ2) is 7.23. The SMILES string of the molecule is COc1cc2ncnc(N3CC(CCCSO)C3)c2cc1OC. The molecule has 1 aromatic carbocycles. The molecule has 124 valence electrons. The lowest BCUT2D eigenvalue weighted by Crippen LogP contribution is -2.47. The summed E-state index contributed by atoms with van der Waals surface area (Å²) in [5.74, 6) is 3.79. The van der Waals surface area contributed by atoms with Crippen molar-refractivity contribution in [3.8, 4) is 11.5 Å². The molecule has 3 rings (SSSR count). The van der Waals surface area contributed by atoms with Crippen LogP contribution in [0.25, 0.3) is 10.9 Å². The summed E-state index contributed by atoms with van der Waals surface area (Å²) in [6.07, 6.45) is 3.79. The van der Waals surface area contributed by atoms with Gasteiger partial charge in [0.05, 0.1) is 19.7 Å². The van der Waals surface area contributed by atoms with E-state index in [9.17, 15) is 0 Å². The lowest BCUT2D eigenvalue weighted by atomic mass is 9.94. The largest absolute Gasteiger partial charge is 0.493 e. The third-order valence-corrected chi connectivity index (χ3v) is 4.70. The van der Waals surface area contributed by atoms with E-state index in [2.05, 4.69) is 14.9 Å². The van der Waals surface area contributed by atoms with Crippen molar-refractivity contribution in [2.45, 2.75) is 12.8 Å². The zero-order valence-electron chi connectivity index (χ0n) is 13.4. The Morgan fingerprint density at radius 1 is 1.22 bits per heavy atom. The highest BCUT2D eigenvalue weighted by molar-refractivity contribution is 7.93. The van der Waals surface area contributed by atoms with Crippen molar-refractivity contribution in [3.05, 3.63) is 18.5 Å². The number of ether oxygens (including phenoxy) is 2. The van der Waals surface area contributed by atoms with E-state index in [-0.39, 0.29) is 0 Å². The summed E-state index contributed by atoms with van der Waals surface area (Å²) in [6.45, 7) is 1.99. The van der Waals surface area contributed by atoms with Gasteiger partial charge in [-0.1, -0.05) is 0 Å². The van der Waals surface area contributed by atoms with Gasteiger partial charge >= 0.3 is 0 Å². The Morgan fingerprint density at radius 2 is 1.96 bits per heavy atom. The maximum absolute atomic E-state index is 8.78. The van der Waals surface area contributed by atoms with Crippen LogP contribution in [0.5, 0.6) is 11.5 Å². The molecule has 1 saturated heterocycles. The van der Waals surface area contributed by atoms with Crippen molar-refractivity contribution in [3.63, 3.8) is 0 Å². The van der Waals surface area contributed by atoms with Crippen molar-refractivity contribution in [2.24, 2.45) is 5.92 Å². The first-order chi connectivity index (χ1) is 11.3. The summed E-state index contributed by atoms with van der Waals surface area (Å²) in [5.41, 5.74) is 0.854. The Kier molecular flexibility index (Phi) is 5.07. The van der Waals surface area contributed by atoms with Gasteiger partial charge in [0.1, 0.15) is 12.1 Å². The molecule has 0 aliphatic carbocycles. The molecule has 0 radical (unpaired) electrons. The fraction of sp³-hybridized carbons (Fsp3) is 0.500. The van der Waals surface area contributed by atoms with E-state index in [0.717, 1.165) is 60.4 Å². The van der Waals surface area contributed by atoms with Gasteiger partial charge in [0, 0.05) is 30.3 Å². The highest BCUT2D eigenvalue weighted by Crippen LogP contribution is 2.36. The molecule has 0 bridgehead atoms. The minimum atomic E-state index is 0.673. The van der Waals surface area contributed by atoms with Crippen LogP contribution < -0.4 is 14.4 Å². The average molecular weight is 335 g/mol. The molecule has 1 aromatic heterocycles. The fourth-order valence-electron chi connectivity index (χ4n) is 2.98. The van der Waals surface area contributed by atoms with Crippen LogP contribution in [0, 0.1) is 5.92 Å². The van der Waals surface area contributed by atoms with Crippen molar-refractivity contribution in [1.82, 2.24) is 9.97 Å². The van der Waals surface area contributed by atoms with E-state index < -0.39 is 0 Å². The quantitative estimate of drug-likeness (QED) is 0.616. The molecule has 6 nitrogen and oxygen atoms in total. The Hall–Kier alpha value is -1.73. The second-order valence-corrected chi connectivity index (χ2v) is 6.33. The Morgan fingerprint density at radius 3 is 2.65 bits per heavy atom. The zero-order chi connectivity index (χ0) is 16.2. The first-order valence-corrected chi connectivity index (χ1v) is 8.59. The van der Waals surface area contributed by atoms with Gasteiger partial charge in [-0.3, -0.25) is 0 Å². The van der Waals surface area contributed by atoms with Crippen LogP contribution >= 0.6 is 12.0 Å². The summed E-state index contributed by atoms with van der Waals surface area (Å²) in [4.78, 5) is 11.1. The third-order valence-electron chi connectivity index (χ3n) is 4.22. The van der Waals surface area contributed by atoms with Gasteiger partial charge in [-0.2, -0.15) is 0 Å². The van der Waals surface area contributed by atoms with E-state index in [0.29, 0.717) is 17.4 Å². The number of hydrogen-bond donors (Lipinski definition) is 1. The van der Waals surface area contributed by atoms with Gasteiger partial charge in [-0.15, -0.1) is 0 Å². The number of nitrogens with zero attached hydrogens (tertiary/aromatic N) is 3. The first-order valence-electron chi connectivity index (χ1n) is 7.65. The molecule has 2 aromatic rings. The van der Waals surface area contributed by atoms with Crippen molar-refractivity contribution < 1.29 is 14.0 Å². The standard InChI is InChI=1S/C16H21N3O3S/c1-21-14-6-12-13(7-15(14)22-2)17-10-18-16(12)19-8-11(9-19)4-3-5-23-20/h6-7,10-11,20H,3-5,8-9H2,1-2H3. The van der Waals surface area contributed by atoms with Crippen molar-refractivity contribution in [1.29, 1.82) is 0 Å². The van der Waals surface area contributed by atoms with E-state index >= 15 is 0 Å². The summed E-state index contributed by atoms with van der Waals surface area (Å²) in [7, 11) is 3.25. The predicted molar refractivity (Wildman–Crippen MR) is 92.7 cm³/mol. The number of benzene rings is 1. The molecule has 0 amide bonds. The second-order valence-electron chi connectivity index (χ2n) is 5.67. The molecule has 7 heteroatoms. The average Bonchev–Trinajstić information content (AvgIpc) is 2.55. The topological polar surface area (TPSA) is 67.7 Å². The summed E-state index contributed by atoms with van der Waals surface area (Å²) < 4.78 is 19.5. The molecule has 0 atom stereocenters. The van der Waals surface area contributed by atoms with Crippen LogP contribution in [0.3, 0.4) is 0 Å². The van der Waals surface area contributed by atoms with Gasteiger partial charge in [0.25, 0.3) is 0 Å². The van der Waals surface area contributed by atoms with Crippen molar-refractivity contribution in [2.75, 3.05) is 38.0 Å². The van der Waals surface area contributed by atoms with E-state index in [1.807, 2.05) is 12.1 Å². The van der Waals surface area contributed by atoms with Crippen LogP contribution in [0.1, 0.15) is 12.8 Å². The molecule has 0 saturated carbocycles. The summed E-state index contributed by atoms with van der Waals surface area (Å²) in [6, 6.07) is 3.83. The number of hydrogen-bond acceptors (Lipinski definition) is 7. The van der Waals surface area contributed by atoms with Gasteiger partial charge in [0.15, 0.2) is 11.5 Å². The summed E-state index contributed by atoms with van der Waals surface area (Å²) in [5, 5.41) is 0.981. The smallest absolute Gasteiger partial charge is 0.162 e. The Balaban J connectivity index is 1.79. The molecular weight excluding hydrogens is 314 g/mol. The Labute approximate surface area is 140 Å². The van der Waals surface area contributed by atoms with E-state index in [1.165, 1.54) is 0 Å². The van der Waals surface area contributed by atoms with Crippen LogP contribution in [-0.4, -0.2) is 47.6 Å². The predicted octanol–water partition coefficient (Wildman–Crippen LogP) is 3.07. The number of methoxy groups -OCH3 is 2. The van der Waals surface area contributed by atoms with Crippen LogP contribution in [-0.2, 0) is 0 Å². The zero-order valence-corrected chi connectivity index (χ0v) is 14.2. The molecule has 1 aliphatic heterocycles. The first kappa shape index (κ1) is 16.1. The Bertz CT molecular complexity index is 677. The highest BCUT2D eigenvalue weighted by atomic mass is 32.2. The monoisotopic (exact) mass is 335 g/mol. The van der Waals surface area contributed by atoms with Gasteiger partial charge in [0.2, 0.25) is 0 Å². The molecule has 1 aliphatic rings. The minimum Gasteiger partial charge on any atom is -0.493 e. The number of aromatic nitrogens is 2. The van der Waals surface area contributed by atoms with Gasteiger partial charge < -0.3 is 18.9 Å². The third kappa shape index (κ3) is 3.30. The van der Waals surface area contributed by atoms with Crippen LogP contribution in [0.2, 0.25) is 0 Å². The minimum absolute atomic E-state index is 0.673. The normalized spacial score (nSPS) is 14.8. The van der Waals surface area contributed by atoms with Gasteiger partial charge in [-0.25, -0.2) is 9.97 Å². The van der Waals surface area contributed by atoms with E-state index in [4.69, 9.17) is 14.0 Å². The van der Waals surface area contributed by atoms with Crippen molar-refractivity contribution >= 4 is 28.8 Å². The lowest BCUT2D eigenvalue weighted by Gasteiger charge is -2.40. The molecule has 1 N–H and O–H groups in total. The molecule has 23 heavy (non-hydrogen) atoms. The molecule has 0 unspecified atom stereocenters. The maximum Gasteiger partial charge on any atom is 0.162 e. The molecular formula is C16H21N3O3S. The van der Waals surface area contributed by atoms with Crippen LogP contribution in [0.15, 0.2) is 18.5 Å². The number of fused-ring (bicyclic) bond motifs is 1. The number of anilines is 1. The van der Waals surface area contributed by atoms with E-state index in [1.54, 1.807) is 20.5 Å². The number of rotatable bonds is 7. The summed E-state index contributed by atoms with van der Waals surface area (Å²) >= 11 is 0.925. The maximum atomic E-state index is 8.78. The fourth-order valence-corrected chi connectivity index (χ4v) is 3.28. The lowest BCUT2D eigenvalue weighted by molar-refractivity contribution is 0.355. The van der Waals surface area contributed by atoms with Gasteiger partial charge in [-0.05, 0) is 36.9 Å². The molecule has 0 spiro atoms.